The van der Waals surface area contributed by atoms with Crippen LogP contribution in [0.1, 0.15) is 179 Å². The summed E-state index contributed by atoms with van der Waals surface area (Å²) >= 11 is 2.55. The van der Waals surface area contributed by atoms with Crippen molar-refractivity contribution < 1.29 is 72.0 Å². The molecule has 2 aromatic rings. The molecule has 24 heteroatoms. The monoisotopic (exact) mass is 1270 g/mol. The molecule has 1 aromatic carbocycles. The van der Waals surface area contributed by atoms with Crippen molar-refractivity contribution in [3.63, 3.8) is 0 Å². The number of ketones is 3. The number of hydrogen-bond acceptors (Lipinski definition) is 19. The van der Waals surface area contributed by atoms with Crippen LogP contribution in [-0.4, -0.2) is 186 Å². The number of imide groups is 1. The number of piperidine rings is 1. The summed E-state index contributed by atoms with van der Waals surface area (Å²) in [4.78, 5) is 140. The molecule has 0 aliphatic carbocycles. The molecule has 88 heavy (non-hydrogen) atoms. The van der Waals surface area contributed by atoms with E-state index in [-0.39, 0.29) is 140 Å². The second-order valence-corrected chi connectivity index (χ2v) is 25.8. The van der Waals surface area contributed by atoms with Crippen molar-refractivity contribution >= 4 is 87.5 Å². The quantitative estimate of drug-likeness (QED) is 0.0215. The van der Waals surface area contributed by atoms with Crippen LogP contribution in [0.4, 0.5) is 5.69 Å². The van der Waals surface area contributed by atoms with Gasteiger partial charge < -0.3 is 44.9 Å². The third-order valence-electron chi connectivity index (χ3n) is 16.5. The fourth-order valence-electron chi connectivity index (χ4n) is 11.0. The molecule has 2 saturated heterocycles. The standard InChI is InChI=1S/C64H99N7O15S2/c1-12-18-46(66-61(80)50-39-88-62(68-50)56(86-44(8)72)37-52(40(3)4)70(10)63(81)48(41(5)13-2)36-55(76)51-21-14-15-25-69(51)9)34-45-22-23-53(74)49(35-45)67-60(79)42(6)33-54(75)43(7)65-58(77)24-28-84-30-32-85-31-29-83-27-17-20-47(73)19-16-26-71-59(78)38-57(87-11)64(71)82/h22-23,35,39-43,46,48,51-52,56-57,74H,12-21,24-34,36-38H2,1-11H3,(H,65,77)(H,66,80)(H,67,79)/t41-,42+,43-,46+,48-,51?,52+,56+,57?/m0/s1. The molecule has 2 aliphatic heterocycles. The second-order valence-electron chi connectivity index (χ2n) is 23.8. The van der Waals surface area contributed by atoms with Crippen LogP contribution in [0.3, 0.4) is 0 Å². The van der Waals surface area contributed by atoms with E-state index in [1.54, 1.807) is 49.6 Å². The van der Waals surface area contributed by atoms with Crippen LogP contribution in [0.15, 0.2) is 23.6 Å². The van der Waals surface area contributed by atoms with Gasteiger partial charge in [0.25, 0.3) is 5.91 Å². The predicted molar refractivity (Wildman–Crippen MR) is 338 cm³/mol. The highest BCUT2D eigenvalue weighted by atomic mass is 32.2. The summed E-state index contributed by atoms with van der Waals surface area (Å²) in [5.41, 5.74) is 0.955. The summed E-state index contributed by atoms with van der Waals surface area (Å²) in [7, 11) is 3.72. The van der Waals surface area contributed by atoms with Gasteiger partial charge in [-0.3, -0.25) is 57.7 Å². The maximum atomic E-state index is 14.4. The molecule has 0 radical (unpaired) electrons. The van der Waals surface area contributed by atoms with Crippen molar-refractivity contribution in [2.24, 2.45) is 23.7 Å². The van der Waals surface area contributed by atoms with E-state index < -0.39 is 53.7 Å². The number of likely N-dealkylation sites (N-methyl/N-ethyl adjacent to an activating group) is 1. The van der Waals surface area contributed by atoms with E-state index in [9.17, 15) is 53.1 Å². The van der Waals surface area contributed by atoms with Crippen LogP contribution in [-0.2, 0) is 68.5 Å². The number of thioether (sulfide) groups is 1. The number of likely N-dealkylation sites (tertiary alicyclic amines) is 2. The van der Waals surface area contributed by atoms with Crippen LogP contribution in [0.25, 0.3) is 0 Å². The summed E-state index contributed by atoms with van der Waals surface area (Å²) < 4.78 is 22.4. The lowest BCUT2D eigenvalue weighted by molar-refractivity contribution is -0.149. The van der Waals surface area contributed by atoms with Crippen LogP contribution < -0.4 is 16.0 Å². The number of ether oxygens (including phenoxy) is 4. The number of esters is 1. The molecule has 0 spiro atoms. The van der Waals surface area contributed by atoms with Crippen molar-refractivity contribution in [3.05, 3.63) is 39.8 Å². The number of benzene rings is 1. The number of hydrogen-bond donors (Lipinski definition) is 4. The van der Waals surface area contributed by atoms with Gasteiger partial charge in [-0.25, -0.2) is 4.98 Å². The molecule has 0 bridgehead atoms. The van der Waals surface area contributed by atoms with E-state index in [1.165, 1.54) is 41.0 Å². The molecule has 0 saturated carbocycles. The van der Waals surface area contributed by atoms with Gasteiger partial charge >= 0.3 is 5.97 Å². The number of carbonyl (C=O) groups is 10. The Labute approximate surface area is 528 Å². The van der Waals surface area contributed by atoms with E-state index >= 15 is 0 Å². The molecule has 492 valence electrons. The summed E-state index contributed by atoms with van der Waals surface area (Å²) in [5, 5.41) is 20.9. The summed E-state index contributed by atoms with van der Waals surface area (Å²) in [6.45, 7) is 17.2. The van der Waals surface area contributed by atoms with Crippen LogP contribution in [0, 0.1) is 23.7 Å². The number of amides is 6. The first-order chi connectivity index (χ1) is 41.9. The number of phenols is 1. The molecule has 2 fully saturated rings. The molecular formula is C64H99N7O15S2. The number of Topliss-reactive ketones (excluding diaryl/α,β-unsaturated/α-hetero) is 3. The third kappa shape index (κ3) is 24.6. The van der Waals surface area contributed by atoms with Crippen LogP contribution in [0.2, 0.25) is 0 Å². The van der Waals surface area contributed by atoms with Gasteiger partial charge in [0, 0.05) is 101 Å². The largest absolute Gasteiger partial charge is 0.506 e. The number of aromatic nitrogens is 1. The number of carbonyl (C=O) groups excluding carboxylic acids is 10. The summed E-state index contributed by atoms with van der Waals surface area (Å²) in [6, 6.07) is 2.90. The van der Waals surface area contributed by atoms with E-state index in [2.05, 4.69) is 25.8 Å². The summed E-state index contributed by atoms with van der Waals surface area (Å²) in [5.74, 6) is -4.25. The van der Waals surface area contributed by atoms with Gasteiger partial charge in [-0.1, -0.05) is 66.9 Å². The normalized spacial score (nSPS) is 17.8. The number of aromatic hydroxyl groups is 1. The first kappa shape index (κ1) is 74.8. The molecule has 1 aromatic heterocycles. The number of rotatable bonds is 42. The zero-order chi connectivity index (χ0) is 65.0. The topological polar surface area (TPSA) is 287 Å². The number of anilines is 1. The minimum Gasteiger partial charge on any atom is -0.506 e. The fourth-order valence-corrected chi connectivity index (χ4v) is 12.4. The lowest BCUT2D eigenvalue weighted by Crippen LogP contribution is -2.48. The highest BCUT2D eigenvalue weighted by Crippen LogP contribution is 2.34. The van der Waals surface area contributed by atoms with E-state index in [4.69, 9.17) is 18.9 Å². The van der Waals surface area contributed by atoms with Gasteiger partial charge in [0.15, 0.2) is 17.7 Å². The molecule has 2 unspecified atom stereocenters. The zero-order valence-corrected chi connectivity index (χ0v) is 55.5. The van der Waals surface area contributed by atoms with Crippen molar-refractivity contribution in [1.29, 1.82) is 0 Å². The van der Waals surface area contributed by atoms with Gasteiger partial charge in [-0.15, -0.1) is 11.3 Å². The Morgan fingerprint density at radius 2 is 1.57 bits per heavy atom. The number of thiazole rings is 1. The van der Waals surface area contributed by atoms with E-state index in [0.717, 1.165) is 38.6 Å². The SMILES string of the molecule is CCC[C@H](Cc1ccc(O)c(NC(=O)[C@H](C)CC(=O)[C@H](C)NC(=O)CCOCCOCCOCCCC(=O)CCCN2C(=O)CC(SC)C2=O)c1)NC(=O)c1csc([C@@H](C[C@H](C(C)C)N(C)C(=O)[C@@H](CC(=O)C2CCCCN2C)[C@@H](C)CC)OC(C)=O)n1. The van der Waals surface area contributed by atoms with Gasteiger partial charge in [-0.05, 0) is 94.8 Å². The predicted octanol–water partition coefficient (Wildman–Crippen LogP) is 7.67. The fraction of sp³-hybridized carbons (Fsp3) is 0.703. The Kier molecular flexibility index (Phi) is 33.0. The molecule has 3 heterocycles. The maximum absolute atomic E-state index is 14.4. The molecule has 2 aliphatic rings. The van der Waals surface area contributed by atoms with Crippen molar-refractivity contribution in [2.45, 2.75) is 194 Å². The smallest absolute Gasteiger partial charge is 0.303 e. The van der Waals surface area contributed by atoms with Crippen molar-refractivity contribution in [3.8, 4) is 5.75 Å². The molecular weight excluding hydrogens is 1170 g/mol. The average Bonchev–Trinajstić information content (AvgIpc) is 4.34. The van der Waals surface area contributed by atoms with E-state index in [1.807, 2.05) is 41.7 Å². The van der Waals surface area contributed by atoms with Crippen molar-refractivity contribution in [1.82, 2.24) is 30.3 Å². The molecule has 4 rings (SSSR count). The molecule has 6 amide bonds. The van der Waals surface area contributed by atoms with Crippen LogP contribution in [0.5, 0.6) is 5.75 Å². The van der Waals surface area contributed by atoms with Gasteiger partial charge in [0.1, 0.15) is 22.2 Å². The number of nitrogens with one attached hydrogen (secondary N) is 3. The molecule has 22 nitrogen and oxygen atoms in total. The molecule has 4 N–H and O–H groups in total. The Balaban J connectivity index is 1.18. The maximum Gasteiger partial charge on any atom is 0.303 e. The molecule has 9 atom stereocenters. The summed E-state index contributed by atoms with van der Waals surface area (Å²) in [6.07, 6.45) is 8.16. The lowest BCUT2D eigenvalue weighted by atomic mass is 9.83. The van der Waals surface area contributed by atoms with Crippen LogP contribution >= 0.6 is 23.1 Å². The Morgan fingerprint density at radius 1 is 0.886 bits per heavy atom. The average molecular weight is 1270 g/mol. The number of phenolic OH excluding ortho intramolecular Hbond substituents is 1. The third-order valence-corrected chi connectivity index (χ3v) is 18.4. The Morgan fingerprint density at radius 3 is 2.20 bits per heavy atom. The first-order valence-corrected chi connectivity index (χ1v) is 33.6. The van der Waals surface area contributed by atoms with Gasteiger partial charge in [-0.2, -0.15) is 11.8 Å². The minimum absolute atomic E-state index is 0.00236. The minimum atomic E-state index is -0.878. The number of nitrogens with zero attached hydrogens (tertiary/aromatic N) is 4. The first-order valence-electron chi connectivity index (χ1n) is 31.4. The highest BCUT2D eigenvalue weighted by Gasteiger charge is 2.39. The lowest BCUT2D eigenvalue weighted by Gasteiger charge is -2.37. The second kappa shape index (κ2) is 38.8. The Bertz CT molecular complexity index is 2640. The Hall–Kier alpha value is -5.66. The van der Waals surface area contributed by atoms with Gasteiger partial charge in [0.05, 0.1) is 56.1 Å². The highest BCUT2D eigenvalue weighted by molar-refractivity contribution is 8.00. The zero-order valence-electron chi connectivity index (χ0n) is 53.8. The van der Waals surface area contributed by atoms with E-state index in [0.29, 0.717) is 68.9 Å². The van der Waals surface area contributed by atoms with Crippen molar-refractivity contribution in [2.75, 3.05) is 78.4 Å². The van der Waals surface area contributed by atoms with Gasteiger partial charge in [0.2, 0.25) is 29.5 Å².